The van der Waals surface area contributed by atoms with Crippen molar-refractivity contribution in [2.45, 2.75) is 32.2 Å². The summed E-state index contributed by atoms with van der Waals surface area (Å²) in [6, 6.07) is 10.9. The number of hydrogen-bond donors (Lipinski definition) is 0. The molecule has 0 unspecified atom stereocenters. The van der Waals surface area contributed by atoms with E-state index in [1.54, 1.807) is 0 Å². The van der Waals surface area contributed by atoms with Gasteiger partial charge in [-0.3, -0.25) is 14.3 Å². The SMILES string of the molecule is Cn1ccc(Cc2ncc3c(n2)-c2c(cn(C)c2Cc2cccc(-c4cnn(CCN5CCOCC5)c4)c2)CC3)n1. The topological polar surface area (TPSA) is 78.8 Å². The molecule has 0 radical (unpaired) electrons. The summed E-state index contributed by atoms with van der Waals surface area (Å²) < 4.78 is 11.6. The smallest absolute Gasteiger partial charge is 0.134 e. The molecule has 2 aliphatic rings. The quantitative estimate of drug-likeness (QED) is 0.294. The summed E-state index contributed by atoms with van der Waals surface area (Å²) in [6.07, 6.45) is 13.9. The Kier molecular flexibility index (Phi) is 6.98. The Morgan fingerprint density at radius 2 is 1.78 bits per heavy atom. The van der Waals surface area contributed by atoms with Crippen LogP contribution >= 0.6 is 0 Å². The van der Waals surface area contributed by atoms with E-state index in [0.717, 1.165) is 81.4 Å². The molecule has 1 aliphatic carbocycles. The highest BCUT2D eigenvalue weighted by Crippen LogP contribution is 2.37. The fourth-order valence-electron chi connectivity index (χ4n) is 6.10. The van der Waals surface area contributed by atoms with Crippen LogP contribution in [0.2, 0.25) is 0 Å². The minimum absolute atomic E-state index is 0.633. The van der Waals surface area contributed by atoms with Crippen molar-refractivity contribution in [1.29, 1.82) is 0 Å². The zero-order chi connectivity index (χ0) is 27.8. The van der Waals surface area contributed by atoms with Crippen LogP contribution in [0.25, 0.3) is 22.4 Å². The molecule has 9 heteroatoms. The Morgan fingerprint density at radius 3 is 2.63 bits per heavy atom. The van der Waals surface area contributed by atoms with E-state index >= 15 is 0 Å². The first kappa shape index (κ1) is 25.9. The van der Waals surface area contributed by atoms with Gasteiger partial charge in [0, 0.05) is 81.8 Å². The Morgan fingerprint density at radius 1 is 0.902 bits per heavy atom. The fourth-order valence-corrected chi connectivity index (χ4v) is 6.10. The van der Waals surface area contributed by atoms with Crippen molar-refractivity contribution in [3.8, 4) is 22.4 Å². The average molecular weight is 549 g/mol. The van der Waals surface area contributed by atoms with E-state index in [0.29, 0.717) is 6.42 Å². The minimum atomic E-state index is 0.633. The molecule has 0 saturated carbocycles. The normalized spacial score (nSPS) is 15.2. The molecule has 1 aromatic carbocycles. The van der Waals surface area contributed by atoms with E-state index in [9.17, 15) is 0 Å². The second kappa shape index (κ2) is 11.1. The number of aryl methyl sites for hydroxylation is 4. The average Bonchev–Trinajstić information content (AvgIpc) is 3.72. The van der Waals surface area contributed by atoms with Crippen LogP contribution in [0.1, 0.15) is 33.9 Å². The van der Waals surface area contributed by atoms with Gasteiger partial charge in [0.05, 0.1) is 43.8 Å². The van der Waals surface area contributed by atoms with Crippen LogP contribution in [0.5, 0.6) is 0 Å². The van der Waals surface area contributed by atoms with Gasteiger partial charge in [0.2, 0.25) is 0 Å². The van der Waals surface area contributed by atoms with E-state index in [1.807, 2.05) is 36.4 Å². The van der Waals surface area contributed by atoms with Gasteiger partial charge in [-0.2, -0.15) is 10.2 Å². The third-order valence-corrected chi connectivity index (χ3v) is 8.32. The Labute approximate surface area is 240 Å². The van der Waals surface area contributed by atoms with Crippen molar-refractivity contribution < 1.29 is 4.74 Å². The lowest BCUT2D eigenvalue weighted by atomic mass is 9.90. The molecule has 7 rings (SSSR count). The highest BCUT2D eigenvalue weighted by Gasteiger charge is 2.25. The summed E-state index contributed by atoms with van der Waals surface area (Å²) in [5.41, 5.74) is 10.9. The third kappa shape index (κ3) is 5.47. The molecule has 5 aromatic rings. The summed E-state index contributed by atoms with van der Waals surface area (Å²) >= 11 is 0. The van der Waals surface area contributed by atoms with E-state index < -0.39 is 0 Å². The molecular weight excluding hydrogens is 512 g/mol. The minimum Gasteiger partial charge on any atom is -0.379 e. The molecule has 1 saturated heterocycles. The van der Waals surface area contributed by atoms with E-state index in [1.165, 1.54) is 33.5 Å². The van der Waals surface area contributed by atoms with Crippen LogP contribution < -0.4 is 0 Å². The number of morpholine rings is 1. The number of nitrogens with zero attached hydrogens (tertiary/aromatic N) is 8. The Bertz CT molecular complexity index is 1670. The number of ether oxygens (including phenoxy) is 1. The Balaban J connectivity index is 1.12. The summed E-state index contributed by atoms with van der Waals surface area (Å²) in [6.45, 7) is 5.54. The zero-order valence-corrected chi connectivity index (χ0v) is 23.8. The van der Waals surface area contributed by atoms with Crippen LogP contribution in [-0.4, -0.2) is 71.8 Å². The summed E-state index contributed by atoms with van der Waals surface area (Å²) in [5, 5.41) is 9.18. The van der Waals surface area contributed by atoms with Gasteiger partial charge in [0.1, 0.15) is 5.82 Å². The molecule has 0 bridgehead atoms. The van der Waals surface area contributed by atoms with Crippen molar-refractivity contribution in [3.63, 3.8) is 0 Å². The fraction of sp³-hybridized carbons (Fsp3) is 0.375. The molecule has 0 spiro atoms. The first-order valence-corrected chi connectivity index (χ1v) is 14.5. The lowest BCUT2D eigenvalue weighted by Crippen LogP contribution is -2.38. The summed E-state index contributed by atoms with van der Waals surface area (Å²) in [7, 11) is 4.10. The molecule has 9 nitrogen and oxygen atoms in total. The largest absolute Gasteiger partial charge is 0.379 e. The molecule has 0 N–H and O–H groups in total. The van der Waals surface area contributed by atoms with Crippen molar-refractivity contribution >= 4 is 0 Å². The Hall–Kier alpha value is -4.08. The zero-order valence-electron chi connectivity index (χ0n) is 23.8. The molecule has 0 atom stereocenters. The van der Waals surface area contributed by atoms with E-state index in [2.05, 4.69) is 68.1 Å². The highest BCUT2D eigenvalue weighted by molar-refractivity contribution is 5.73. The van der Waals surface area contributed by atoms with Crippen LogP contribution in [-0.2, 0) is 51.1 Å². The van der Waals surface area contributed by atoms with Gasteiger partial charge in [-0.15, -0.1) is 0 Å². The predicted molar refractivity (Wildman–Crippen MR) is 158 cm³/mol. The number of rotatable bonds is 8. The van der Waals surface area contributed by atoms with Gasteiger partial charge in [-0.1, -0.05) is 24.3 Å². The van der Waals surface area contributed by atoms with Crippen LogP contribution in [0, 0.1) is 0 Å². The molecule has 210 valence electrons. The standard InChI is InChI=1S/C32H36N8O/c1-37-21-26-7-6-25-19-33-30(18-28-8-9-38(2)36-28)35-32(25)31(26)29(37)17-23-4-3-5-24(16-23)27-20-34-40(22-27)11-10-39-12-14-41-15-13-39/h3-5,8-9,16,19-22H,6-7,10-15,17-18H2,1-2H3. The number of hydrogen-bond acceptors (Lipinski definition) is 6. The number of benzene rings is 1. The highest BCUT2D eigenvalue weighted by atomic mass is 16.5. The van der Waals surface area contributed by atoms with Crippen LogP contribution in [0.3, 0.4) is 0 Å². The maximum Gasteiger partial charge on any atom is 0.134 e. The van der Waals surface area contributed by atoms with Crippen molar-refractivity contribution in [3.05, 3.63) is 95.2 Å². The monoisotopic (exact) mass is 548 g/mol. The molecule has 0 amide bonds. The molecule has 1 fully saturated rings. The van der Waals surface area contributed by atoms with E-state index in [-0.39, 0.29) is 0 Å². The van der Waals surface area contributed by atoms with Crippen molar-refractivity contribution in [2.24, 2.45) is 14.1 Å². The van der Waals surface area contributed by atoms with Gasteiger partial charge < -0.3 is 9.30 Å². The first-order valence-electron chi connectivity index (χ1n) is 14.5. The van der Waals surface area contributed by atoms with Crippen molar-refractivity contribution in [1.82, 2.24) is 39.0 Å². The lowest BCUT2D eigenvalue weighted by molar-refractivity contribution is 0.0360. The number of fused-ring (bicyclic) bond motifs is 3. The van der Waals surface area contributed by atoms with Gasteiger partial charge in [-0.25, -0.2) is 9.97 Å². The summed E-state index contributed by atoms with van der Waals surface area (Å²) in [5.74, 6) is 0.817. The molecule has 4 aromatic heterocycles. The van der Waals surface area contributed by atoms with Crippen molar-refractivity contribution in [2.75, 3.05) is 32.8 Å². The second-order valence-electron chi connectivity index (χ2n) is 11.2. The molecular formula is C32H36N8O. The molecule has 41 heavy (non-hydrogen) atoms. The van der Waals surface area contributed by atoms with Gasteiger partial charge in [0.25, 0.3) is 0 Å². The lowest BCUT2D eigenvalue weighted by Gasteiger charge is -2.26. The van der Waals surface area contributed by atoms with E-state index in [4.69, 9.17) is 14.7 Å². The van der Waals surface area contributed by atoms with Gasteiger partial charge >= 0.3 is 0 Å². The van der Waals surface area contributed by atoms with Crippen LogP contribution in [0.15, 0.2) is 61.3 Å². The molecule has 5 heterocycles. The predicted octanol–water partition coefficient (Wildman–Crippen LogP) is 3.69. The maximum atomic E-state index is 5.47. The summed E-state index contributed by atoms with van der Waals surface area (Å²) in [4.78, 5) is 12.2. The van der Waals surface area contributed by atoms with Gasteiger partial charge in [0.15, 0.2) is 0 Å². The van der Waals surface area contributed by atoms with Crippen LogP contribution in [0.4, 0.5) is 0 Å². The van der Waals surface area contributed by atoms with Gasteiger partial charge in [-0.05, 0) is 41.2 Å². The maximum absolute atomic E-state index is 5.47. The second-order valence-corrected chi connectivity index (χ2v) is 11.2. The third-order valence-electron chi connectivity index (χ3n) is 8.32. The molecule has 1 aliphatic heterocycles. The first-order chi connectivity index (χ1) is 20.1. The number of aromatic nitrogens is 7.